The summed E-state index contributed by atoms with van der Waals surface area (Å²) >= 11 is 0. The molecule has 1 fully saturated rings. The number of hydrogen-bond donors (Lipinski definition) is 1. The number of rotatable bonds is 4. The van der Waals surface area contributed by atoms with Crippen LogP contribution < -0.4 is 5.32 Å². The summed E-state index contributed by atoms with van der Waals surface area (Å²) in [5, 5.41) is 2.85. The van der Waals surface area contributed by atoms with Gasteiger partial charge in [0.1, 0.15) is 0 Å². The fourth-order valence-corrected chi connectivity index (χ4v) is 3.48. The van der Waals surface area contributed by atoms with Crippen LogP contribution in [0, 0.1) is 0 Å². The molecule has 1 unspecified atom stereocenters. The average molecular weight is 315 g/mol. The molecule has 0 saturated carbocycles. The molecule has 0 aliphatic carbocycles. The van der Waals surface area contributed by atoms with E-state index in [2.05, 4.69) is 10.2 Å². The number of carbonyl (C=O) groups excluding carboxylic acids is 2. The minimum Gasteiger partial charge on any atom is -0.344 e. The molecule has 124 valence electrons. The molecule has 23 heavy (non-hydrogen) atoms. The Morgan fingerprint density at radius 2 is 2.00 bits per heavy atom. The Morgan fingerprint density at radius 1 is 1.26 bits per heavy atom. The zero-order chi connectivity index (χ0) is 16.2. The van der Waals surface area contributed by atoms with Gasteiger partial charge >= 0.3 is 0 Å². The molecule has 2 heterocycles. The molecule has 5 nitrogen and oxygen atoms in total. The lowest BCUT2D eigenvalue weighted by Gasteiger charge is -2.31. The lowest BCUT2D eigenvalue weighted by Crippen LogP contribution is -2.41. The van der Waals surface area contributed by atoms with Crippen molar-refractivity contribution in [3.63, 3.8) is 0 Å². The van der Waals surface area contributed by atoms with Crippen LogP contribution in [0.4, 0.5) is 5.69 Å². The number of likely N-dealkylation sites (tertiary alicyclic amines) is 1. The van der Waals surface area contributed by atoms with E-state index in [9.17, 15) is 9.59 Å². The Kier molecular flexibility index (Phi) is 4.96. The third-order valence-corrected chi connectivity index (χ3v) is 4.87. The van der Waals surface area contributed by atoms with Crippen LogP contribution in [0.2, 0.25) is 0 Å². The molecule has 0 aromatic heterocycles. The van der Waals surface area contributed by atoms with E-state index in [0.29, 0.717) is 0 Å². The summed E-state index contributed by atoms with van der Waals surface area (Å²) in [6.07, 6.45) is 4.07. The number of carbonyl (C=O) groups is 2. The van der Waals surface area contributed by atoms with Gasteiger partial charge in [0.25, 0.3) is 0 Å². The van der Waals surface area contributed by atoms with Gasteiger partial charge in [0.05, 0.1) is 5.92 Å². The van der Waals surface area contributed by atoms with E-state index in [4.69, 9.17) is 0 Å². The Hall–Kier alpha value is -1.88. The number of fused-ring (bicyclic) bond motifs is 1. The molecule has 0 spiro atoms. The van der Waals surface area contributed by atoms with Crippen molar-refractivity contribution in [3.05, 3.63) is 29.8 Å². The number of benzene rings is 1. The van der Waals surface area contributed by atoms with Gasteiger partial charge in [-0.15, -0.1) is 0 Å². The average Bonchev–Trinajstić information content (AvgIpc) is 2.59. The highest BCUT2D eigenvalue weighted by Gasteiger charge is 2.32. The van der Waals surface area contributed by atoms with Gasteiger partial charge in [-0.05, 0) is 37.6 Å². The van der Waals surface area contributed by atoms with Crippen LogP contribution in [0.15, 0.2) is 24.3 Å². The topological polar surface area (TPSA) is 52.7 Å². The summed E-state index contributed by atoms with van der Waals surface area (Å²) in [5.74, 6) is -0.387. The molecule has 2 amide bonds. The van der Waals surface area contributed by atoms with Crippen molar-refractivity contribution in [1.29, 1.82) is 0 Å². The van der Waals surface area contributed by atoms with E-state index >= 15 is 0 Å². The Labute approximate surface area is 137 Å². The van der Waals surface area contributed by atoms with Crippen LogP contribution >= 0.6 is 0 Å². The van der Waals surface area contributed by atoms with Gasteiger partial charge < -0.3 is 15.1 Å². The fourth-order valence-electron chi connectivity index (χ4n) is 3.48. The van der Waals surface area contributed by atoms with Gasteiger partial charge in [-0.2, -0.15) is 0 Å². The maximum Gasteiger partial charge on any atom is 0.230 e. The number of piperidine rings is 1. The highest BCUT2D eigenvalue weighted by Crippen LogP contribution is 2.33. The van der Waals surface area contributed by atoms with E-state index in [1.807, 2.05) is 31.3 Å². The van der Waals surface area contributed by atoms with E-state index in [1.165, 1.54) is 19.3 Å². The predicted molar refractivity (Wildman–Crippen MR) is 90.4 cm³/mol. The number of nitrogens with zero attached hydrogens (tertiary/aromatic N) is 2. The van der Waals surface area contributed by atoms with Crippen LogP contribution in [0.3, 0.4) is 0 Å². The minimum absolute atomic E-state index is 0.0457. The molecule has 5 heteroatoms. The van der Waals surface area contributed by atoms with Crippen molar-refractivity contribution in [2.75, 3.05) is 38.5 Å². The summed E-state index contributed by atoms with van der Waals surface area (Å²) in [6.45, 7) is 3.91. The first kappa shape index (κ1) is 16.0. The molecular formula is C18H25N3O2. The summed E-state index contributed by atoms with van der Waals surface area (Å²) in [5.41, 5.74) is 1.70. The highest BCUT2D eigenvalue weighted by molar-refractivity contribution is 6.01. The second-order valence-electron chi connectivity index (χ2n) is 6.55. The van der Waals surface area contributed by atoms with Crippen LogP contribution in [0.5, 0.6) is 0 Å². The molecule has 2 aliphatic heterocycles. The fraction of sp³-hybridized carbons (Fsp3) is 0.556. The van der Waals surface area contributed by atoms with E-state index < -0.39 is 0 Å². The molecule has 1 atom stereocenters. The number of amides is 2. The molecule has 3 rings (SSSR count). The van der Waals surface area contributed by atoms with E-state index in [-0.39, 0.29) is 24.2 Å². The largest absolute Gasteiger partial charge is 0.344 e. The SMILES string of the molecule is CN(CCN1CCCCC1)C(=O)C1CC(=O)Nc2ccccc21. The second-order valence-corrected chi connectivity index (χ2v) is 6.55. The van der Waals surface area contributed by atoms with Gasteiger partial charge in [0.15, 0.2) is 0 Å². The number of anilines is 1. The standard InChI is InChI=1S/C18H25N3O2/c1-20(11-12-21-9-5-2-6-10-21)18(23)15-13-17(22)19-16-8-4-3-7-14(15)16/h3-4,7-8,15H,2,5-6,9-13H2,1H3,(H,19,22). The van der Waals surface area contributed by atoms with Gasteiger partial charge in [-0.1, -0.05) is 24.6 Å². The molecule has 1 aromatic rings. The molecule has 2 aliphatic rings. The van der Waals surface area contributed by atoms with Crippen molar-refractivity contribution in [2.45, 2.75) is 31.6 Å². The molecule has 1 aromatic carbocycles. The maximum absolute atomic E-state index is 12.8. The van der Waals surface area contributed by atoms with Crippen molar-refractivity contribution < 1.29 is 9.59 Å². The summed E-state index contributed by atoms with van der Waals surface area (Å²) in [4.78, 5) is 28.9. The first-order valence-electron chi connectivity index (χ1n) is 8.51. The number of nitrogens with one attached hydrogen (secondary N) is 1. The molecule has 0 bridgehead atoms. The monoisotopic (exact) mass is 315 g/mol. The zero-order valence-corrected chi connectivity index (χ0v) is 13.8. The van der Waals surface area contributed by atoms with Gasteiger partial charge in [0, 0.05) is 32.2 Å². The Balaban J connectivity index is 1.63. The lowest BCUT2D eigenvalue weighted by atomic mass is 9.89. The maximum atomic E-state index is 12.8. The molecular weight excluding hydrogens is 290 g/mol. The van der Waals surface area contributed by atoms with Crippen molar-refractivity contribution in [3.8, 4) is 0 Å². The number of hydrogen-bond acceptors (Lipinski definition) is 3. The van der Waals surface area contributed by atoms with E-state index in [1.54, 1.807) is 4.90 Å². The van der Waals surface area contributed by atoms with Crippen LogP contribution in [0.1, 0.15) is 37.2 Å². The number of para-hydroxylation sites is 1. The smallest absolute Gasteiger partial charge is 0.230 e. The van der Waals surface area contributed by atoms with Gasteiger partial charge in [-0.3, -0.25) is 9.59 Å². The predicted octanol–water partition coefficient (Wildman–Crippen LogP) is 2.06. The highest BCUT2D eigenvalue weighted by atomic mass is 16.2. The third kappa shape index (κ3) is 3.72. The molecule has 0 radical (unpaired) electrons. The number of likely N-dealkylation sites (N-methyl/N-ethyl adjacent to an activating group) is 1. The lowest BCUT2D eigenvalue weighted by molar-refractivity contribution is -0.134. The van der Waals surface area contributed by atoms with Crippen molar-refractivity contribution in [1.82, 2.24) is 9.80 Å². The Morgan fingerprint density at radius 3 is 2.78 bits per heavy atom. The quantitative estimate of drug-likeness (QED) is 0.925. The first-order valence-corrected chi connectivity index (χ1v) is 8.51. The van der Waals surface area contributed by atoms with Crippen molar-refractivity contribution in [2.24, 2.45) is 0 Å². The van der Waals surface area contributed by atoms with Crippen molar-refractivity contribution >= 4 is 17.5 Å². The Bertz CT molecular complexity index is 581. The van der Waals surface area contributed by atoms with Gasteiger partial charge in [0.2, 0.25) is 11.8 Å². The normalized spacial score (nSPS) is 21.4. The summed E-state index contributed by atoms with van der Waals surface area (Å²) < 4.78 is 0. The zero-order valence-electron chi connectivity index (χ0n) is 13.8. The summed E-state index contributed by atoms with van der Waals surface area (Å²) in [7, 11) is 1.85. The molecule has 1 N–H and O–H groups in total. The second kappa shape index (κ2) is 7.13. The molecule has 1 saturated heterocycles. The van der Waals surface area contributed by atoms with Gasteiger partial charge in [-0.25, -0.2) is 0 Å². The first-order chi connectivity index (χ1) is 11.1. The summed E-state index contributed by atoms with van der Waals surface area (Å²) in [6, 6.07) is 7.60. The van der Waals surface area contributed by atoms with E-state index in [0.717, 1.165) is 37.4 Å². The minimum atomic E-state index is -0.355. The third-order valence-electron chi connectivity index (χ3n) is 4.87. The van der Waals surface area contributed by atoms with Crippen LogP contribution in [-0.4, -0.2) is 54.8 Å². The van der Waals surface area contributed by atoms with Crippen LogP contribution in [0.25, 0.3) is 0 Å². The van der Waals surface area contributed by atoms with Crippen LogP contribution in [-0.2, 0) is 9.59 Å².